The van der Waals surface area contributed by atoms with Gasteiger partial charge in [-0.15, -0.1) is 0 Å². The van der Waals surface area contributed by atoms with Gasteiger partial charge in [0.05, 0.1) is 0 Å². The fourth-order valence-electron chi connectivity index (χ4n) is 4.00. The summed E-state index contributed by atoms with van der Waals surface area (Å²) in [6, 6.07) is 12.7. The van der Waals surface area contributed by atoms with Crippen LogP contribution in [0.5, 0.6) is 0 Å². The maximum absolute atomic E-state index is 14.3. The Morgan fingerprint density at radius 3 is 2.33 bits per heavy atom. The lowest BCUT2D eigenvalue weighted by molar-refractivity contribution is 0.168. The SMILES string of the molecule is NCC1CCC(CN(Cc2cccc(Cl)c2)Cc2c(F)cccc2Cl)CC1. The van der Waals surface area contributed by atoms with E-state index in [1.165, 1.54) is 31.7 Å². The molecule has 1 saturated carbocycles. The predicted molar refractivity (Wildman–Crippen MR) is 111 cm³/mol. The Morgan fingerprint density at radius 2 is 1.67 bits per heavy atom. The summed E-state index contributed by atoms with van der Waals surface area (Å²) in [5, 5.41) is 1.21. The van der Waals surface area contributed by atoms with E-state index < -0.39 is 0 Å². The van der Waals surface area contributed by atoms with Crippen molar-refractivity contribution >= 4 is 23.2 Å². The standard InChI is InChI=1S/C22H27Cl2FN2/c23-19-4-1-3-18(11-19)14-27(13-17-9-7-16(12-26)8-10-17)15-20-21(24)5-2-6-22(20)25/h1-6,11,16-17H,7-10,12-15,26H2. The molecule has 5 heteroatoms. The zero-order valence-electron chi connectivity index (χ0n) is 15.5. The zero-order chi connectivity index (χ0) is 19.2. The first-order chi connectivity index (χ1) is 13.0. The maximum Gasteiger partial charge on any atom is 0.129 e. The number of benzene rings is 2. The van der Waals surface area contributed by atoms with Crippen LogP contribution < -0.4 is 5.73 Å². The number of hydrogen-bond acceptors (Lipinski definition) is 2. The van der Waals surface area contributed by atoms with E-state index in [0.717, 1.165) is 30.2 Å². The van der Waals surface area contributed by atoms with Gasteiger partial charge in [0.15, 0.2) is 0 Å². The van der Waals surface area contributed by atoms with E-state index in [0.29, 0.717) is 29.0 Å². The first-order valence-electron chi connectivity index (χ1n) is 9.65. The van der Waals surface area contributed by atoms with Crippen LogP contribution in [0.15, 0.2) is 42.5 Å². The lowest BCUT2D eigenvalue weighted by Gasteiger charge is -2.33. The second-order valence-electron chi connectivity index (χ2n) is 7.62. The van der Waals surface area contributed by atoms with Crippen LogP contribution in [0.3, 0.4) is 0 Å². The van der Waals surface area contributed by atoms with Crippen molar-refractivity contribution in [2.75, 3.05) is 13.1 Å². The summed E-state index contributed by atoms with van der Waals surface area (Å²) in [6.07, 6.45) is 4.73. The van der Waals surface area contributed by atoms with Gasteiger partial charge in [0.2, 0.25) is 0 Å². The Morgan fingerprint density at radius 1 is 0.963 bits per heavy atom. The van der Waals surface area contributed by atoms with Crippen molar-refractivity contribution in [2.45, 2.75) is 38.8 Å². The van der Waals surface area contributed by atoms with E-state index >= 15 is 0 Å². The lowest BCUT2D eigenvalue weighted by Crippen LogP contribution is -2.32. The van der Waals surface area contributed by atoms with Crippen molar-refractivity contribution in [2.24, 2.45) is 17.6 Å². The van der Waals surface area contributed by atoms with Crippen LogP contribution in [0.2, 0.25) is 10.0 Å². The molecule has 27 heavy (non-hydrogen) atoms. The van der Waals surface area contributed by atoms with Crippen molar-refractivity contribution < 1.29 is 4.39 Å². The van der Waals surface area contributed by atoms with E-state index in [-0.39, 0.29) is 5.82 Å². The summed E-state index contributed by atoms with van der Waals surface area (Å²) >= 11 is 12.4. The molecule has 146 valence electrons. The third kappa shape index (κ3) is 5.92. The Bertz CT molecular complexity index is 725. The van der Waals surface area contributed by atoms with Crippen LogP contribution in [0.1, 0.15) is 36.8 Å². The molecule has 0 saturated heterocycles. The smallest absolute Gasteiger partial charge is 0.129 e. The van der Waals surface area contributed by atoms with Crippen molar-refractivity contribution in [1.82, 2.24) is 4.90 Å². The third-order valence-corrected chi connectivity index (χ3v) is 6.14. The van der Waals surface area contributed by atoms with Gasteiger partial charge >= 0.3 is 0 Å². The fraction of sp³-hybridized carbons (Fsp3) is 0.455. The second-order valence-corrected chi connectivity index (χ2v) is 8.47. The van der Waals surface area contributed by atoms with Crippen LogP contribution in [-0.2, 0) is 13.1 Å². The molecule has 2 N–H and O–H groups in total. The number of nitrogens with two attached hydrogens (primary N) is 1. The minimum Gasteiger partial charge on any atom is -0.330 e. The van der Waals surface area contributed by atoms with Crippen molar-refractivity contribution in [3.05, 3.63) is 69.5 Å². The number of rotatable bonds is 7. The molecule has 0 radical (unpaired) electrons. The van der Waals surface area contributed by atoms with E-state index in [1.807, 2.05) is 18.2 Å². The monoisotopic (exact) mass is 408 g/mol. The Hall–Kier alpha value is -1.13. The molecular weight excluding hydrogens is 382 g/mol. The Labute approximate surface area is 171 Å². The molecule has 0 unspecified atom stereocenters. The van der Waals surface area contributed by atoms with E-state index in [1.54, 1.807) is 12.1 Å². The largest absolute Gasteiger partial charge is 0.330 e. The molecule has 2 aromatic rings. The Balaban J connectivity index is 1.74. The van der Waals surface area contributed by atoms with Crippen LogP contribution in [0, 0.1) is 17.7 Å². The maximum atomic E-state index is 14.3. The van der Waals surface area contributed by atoms with Gasteiger partial charge in [0, 0.05) is 35.2 Å². The van der Waals surface area contributed by atoms with Gasteiger partial charge in [-0.2, -0.15) is 0 Å². The minimum absolute atomic E-state index is 0.245. The van der Waals surface area contributed by atoms with Crippen LogP contribution in [-0.4, -0.2) is 18.0 Å². The molecule has 2 nitrogen and oxygen atoms in total. The molecule has 2 aromatic carbocycles. The van der Waals surface area contributed by atoms with Crippen molar-refractivity contribution in [1.29, 1.82) is 0 Å². The van der Waals surface area contributed by atoms with Gasteiger partial charge in [-0.1, -0.05) is 41.4 Å². The molecule has 3 rings (SSSR count). The lowest BCUT2D eigenvalue weighted by atomic mass is 9.82. The topological polar surface area (TPSA) is 29.3 Å². The number of nitrogens with zero attached hydrogens (tertiary/aromatic N) is 1. The minimum atomic E-state index is -0.245. The predicted octanol–water partition coefficient (Wildman–Crippen LogP) is 5.90. The average Bonchev–Trinajstić information content (AvgIpc) is 2.65. The number of halogens is 3. The summed E-state index contributed by atoms with van der Waals surface area (Å²) in [7, 11) is 0. The Kier molecular flexibility index (Phi) is 7.54. The zero-order valence-corrected chi connectivity index (χ0v) is 17.0. The molecule has 1 aliphatic carbocycles. The normalized spacial score (nSPS) is 20.2. The molecule has 0 bridgehead atoms. The van der Waals surface area contributed by atoms with Gasteiger partial charge in [0.1, 0.15) is 5.82 Å². The highest BCUT2D eigenvalue weighted by Gasteiger charge is 2.23. The van der Waals surface area contributed by atoms with Crippen LogP contribution in [0.25, 0.3) is 0 Å². The molecule has 0 atom stereocenters. The van der Waals surface area contributed by atoms with Crippen LogP contribution in [0.4, 0.5) is 4.39 Å². The molecule has 0 aliphatic heterocycles. The summed E-state index contributed by atoms with van der Waals surface area (Å²) in [5.41, 5.74) is 7.52. The summed E-state index contributed by atoms with van der Waals surface area (Å²) in [5.74, 6) is 1.02. The molecule has 1 aliphatic rings. The fourth-order valence-corrected chi connectivity index (χ4v) is 4.44. The third-order valence-electron chi connectivity index (χ3n) is 5.55. The molecule has 1 fully saturated rings. The summed E-state index contributed by atoms with van der Waals surface area (Å²) in [6.45, 7) is 2.93. The van der Waals surface area contributed by atoms with Crippen molar-refractivity contribution in [3.63, 3.8) is 0 Å². The highest BCUT2D eigenvalue weighted by Crippen LogP contribution is 2.30. The highest BCUT2D eigenvalue weighted by atomic mass is 35.5. The van der Waals surface area contributed by atoms with Crippen LogP contribution >= 0.6 is 23.2 Å². The average molecular weight is 409 g/mol. The molecule has 0 spiro atoms. The first kappa shape index (κ1) is 20.6. The molecule has 0 aromatic heterocycles. The first-order valence-corrected chi connectivity index (χ1v) is 10.4. The summed E-state index contributed by atoms with van der Waals surface area (Å²) in [4.78, 5) is 2.30. The highest BCUT2D eigenvalue weighted by molar-refractivity contribution is 6.31. The van der Waals surface area contributed by atoms with Gasteiger partial charge in [0.25, 0.3) is 0 Å². The van der Waals surface area contributed by atoms with Gasteiger partial charge < -0.3 is 5.73 Å². The molecular formula is C22H27Cl2FN2. The van der Waals surface area contributed by atoms with E-state index in [4.69, 9.17) is 28.9 Å². The molecule has 0 amide bonds. The van der Waals surface area contributed by atoms with E-state index in [9.17, 15) is 4.39 Å². The van der Waals surface area contributed by atoms with Gasteiger partial charge in [-0.25, -0.2) is 4.39 Å². The molecule has 0 heterocycles. The van der Waals surface area contributed by atoms with Crippen molar-refractivity contribution in [3.8, 4) is 0 Å². The quantitative estimate of drug-likeness (QED) is 0.617. The number of hydrogen-bond donors (Lipinski definition) is 1. The van der Waals surface area contributed by atoms with E-state index in [2.05, 4.69) is 11.0 Å². The van der Waals surface area contributed by atoms with Gasteiger partial charge in [-0.05, 0) is 73.9 Å². The van der Waals surface area contributed by atoms with Gasteiger partial charge in [-0.3, -0.25) is 4.90 Å². The summed E-state index contributed by atoms with van der Waals surface area (Å²) < 4.78 is 14.3. The second kappa shape index (κ2) is 9.88.